The minimum Gasteiger partial charge on any atom is -0.458 e. The van der Waals surface area contributed by atoms with E-state index >= 15 is 0 Å². The molecule has 2 aromatic rings. The first-order valence-electron chi connectivity index (χ1n) is 4.29. The van der Waals surface area contributed by atoms with Crippen molar-refractivity contribution in [2.75, 3.05) is 0 Å². The highest BCUT2D eigenvalue weighted by Crippen LogP contribution is 2.04. The standard InChI is InChI=1S/C10H7FN3O/c11-9-12-7-13-10(14-9)15-6-8-4-2-1-3-5-8/h1-5H,6H2. The molecule has 0 aliphatic carbocycles. The number of halogens is 1. The highest BCUT2D eigenvalue weighted by atomic mass is 19.1. The lowest BCUT2D eigenvalue weighted by molar-refractivity contribution is 0.272. The van der Waals surface area contributed by atoms with Gasteiger partial charge in [0.2, 0.25) is 6.33 Å². The van der Waals surface area contributed by atoms with Crippen molar-refractivity contribution in [1.29, 1.82) is 0 Å². The van der Waals surface area contributed by atoms with Crippen molar-refractivity contribution in [3.8, 4) is 6.01 Å². The summed E-state index contributed by atoms with van der Waals surface area (Å²) in [4.78, 5) is 9.99. The van der Waals surface area contributed by atoms with Crippen molar-refractivity contribution in [2.45, 2.75) is 6.61 Å². The van der Waals surface area contributed by atoms with Crippen LogP contribution < -0.4 is 4.74 Å². The minimum atomic E-state index is -0.895. The quantitative estimate of drug-likeness (QED) is 0.758. The van der Waals surface area contributed by atoms with E-state index in [1.54, 1.807) is 0 Å². The van der Waals surface area contributed by atoms with Crippen LogP contribution in [0.1, 0.15) is 5.56 Å². The van der Waals surface area contributed by atoms with Crippen LogP contribution in [0.25, 0.3) is 0 Å². The topological polar surface area (TPSA) is 47.9 Å². The van der Waals surface area contributed by atoms with Gasteiger partial charge in [-0.3, -0.25) is 0 Å². The summed E-state index contributed by atoms with van der Waals surface area (Å²) in [6, 6.07) is 9.39. The number of aromatic nitrogens is 3. The SMILES string of the molecule is Fc1n[c]nc(OCc2ccccc2)n1. The third kappa shape index (κ3) is 2.70. The molecule has 1 heterocycles. The highest BCUT2D eigenvalue weighted by Gasteiger charge is 2.00. The van der Waals surface area contributed by atoms with Crippen molar-refractivity contribution in [2.24, 2.45) is 0 Å². The molecule has 0 saturated carbocycles. The Bertz CT molecular complexity index is 436. The first kappa shape index (κ1) is 9.51. The van der Waals surface area contributed by atoms with Crippen molar-refractivity contribution >= 4 is 0 Å². The molecule has 0 fully saturated rings. The van der Waals surface area contributed by atoms with Crippen molar-refractivity contribution in [3.63, 3.8) is 0 Å². The molecule has 2 rings (SSSR count). The molecule has 0 aliphatic rings. The molecule has 0 aliphatic heterocycles. The molecule has 1 aromatic heterocycles. The molecule has 0 bridgehead atoms. The lowest BCUT2D eigenvalue weighted by Gasteiger charge is -2.02. The monoisotopic (exact) mass is 204 g/mol. The summed E-state index contributed by atoms with van der Waals surface area (Å²) in [5.74, 6) is 0. The maximum absolute atomic E-state index is 12.5. The van der Waals surface area contributed by atoms with E-state index in [4.69, 9.17) is 4.74 Å². The summed E-state index contributed by atoms with van der Waals surface area (Å²) in [5, 5.41) is 0. The maximum Gasteiger partial charge on any atom is 0.322 e. The molecular formula is C10H7FN3O. The Labute approximate surface area is 85.8 Å². The molecule has 0 unspecified atom stereocenters. The summed E-state index contributed by atoms with van der Waals surface area (Å²) >= 11 is 0. The van der Waals surface area contributed by atoms with Crippen molar-refractivity contribution in [3.05, 3.63) is 48.3 Å². The molecule has 0 amide bonds. The van der Waals surface area contributed by atoms with Crippen LogP contribution in [-0.2, 0) is 6.61 Å². The van der Waals surface area contributed by atoms with Crippen LogP contribution in [-0.4, -0.2) is 15.0 Å². The van der Waals surface area contributed by atoms with Gasteiger partial charge in [-0.2, -0.15) is 14.4 Å². The van der Waals surface area contributed by atoms with Crippen LogP contribution in [0.3, 0.4) is 0 Å². The van der Waals surface area contributed by atoms with Gasteiger partial charge in [-0.25, -0.2) is 0 Å². The minimum absolute atomic E-state index is 0.0636. The van der Waals surface area contributed by atoms with Gasteiger partial charge in [0.15, 0.2) is 0 Å². The first-order valence-corrected chi connectivity index (χ1v) is 4.29. The molecule has 0 spiro atoms. The van der Waals surface area contributed by atoms with Crippen LogP contribution in [0.5, 0.6) is 6.01 Å². The van der Waals surface area contributed by atoms with Gasteiger partial charge in [0.25, 0.3) is 0 Å². The number of benzene rings is 1. The average molecular weight is 204 g/mol. The summed E-state index contributed by atoms with van der Waals surface area (Å²) in [7, 11) is 0. The third-order valence-electron chi connectivity index (χ3n) is 1.69. The van der Waals surface area contributed by atoms with Gasteiger partial charge in [0.05, 0.1) is 0 Å². The predicted octanol–water partition coefficient (Wildman–Crippen LogP) is 1.39. The molecule has 4 nitrogen and oxygen atoms in total. The van der Waals surface area contributed by atoms with Crippen LogP contribution >= 0.6 is 0 Å². The van der Waals surface area contributed by atoms with E-state index in [2.05, 4.69) is 21.3 Å². The van der Waals surface area contributed by atoms with E-state index < -0.39 is 6.08 Å². The zero-order chi connectivity index (χ0) is 10.5. The van der Waals surface area contributed by atoms with Gasteiger partial charge >= 0.3 is 12.1 Å². The van der Waals surface area contributed by atoms with Crippen LogP contribution in [0.4, 0.5) is 4.39 Å². The van der Waals surface area contributed by atoms with E-state index in [0.717, 1.165) is 5.56 Å². The number of hydrogen-bond acceptors (Lipinski definition) is 4. The first-order chi connectivity index (χ1) is 7.34. The van der Waals surface area contributed by atoms with Gasteiger partial charge in [-0.15, -0.1) is 4.98 Å². The highest BCUT2D eigenvalue weighted by molar-refractivity contribution is 5.14. The largest absolute Gasteiger partial charge is 0.458 e. The Morgan fingerprint density at radius 1 is 1.20 bits per heavy atom. The molecule has 0 N–H and O–H groups in total. The number of nitrogens with zero attached hydrogens (tertiary/aromatic N) is 3. The Kier molecular flexibility index (Phi) is 2.82. The normalized spacial score (nSPS) is 9.93. The van der Waals surface area contributed by atoms with E-state index in [0.29, 0.717) is 0 Å². The second-order valence-electron chi connectivity index (χ2n) is 2.76. The Balaban J connectivity index is 1.99. The lowest BCUT2D eigenvalue weighted by Crippen LogP contribution is -2.01. The van der Waals surface area contributed by atoms with Gasteiger partial charge in [0, 0.05) is 0 Å². The van der Waals surface area contributed by atoms with Crippen molar-refractivity contribution in [1.82, 2.24) is 15.0 Å². The van der Waals surface area contributed by atoms with Gasteiger partial charge < -0.3 is 4.74 Å². The molecule has 75 valence electrons. The lowest BCUT2D eigenvalue weighted by atomic mass is 10.2. The summed E-state index contributed by atoms with van der Waals surface area (Å²) in [6.45, 7) is 0.290. The van der Waals surface area contributed by atoms with E-state index in [-0.39, 0.29) is 12.6 Å². The predicted molar refractivity (Wildman–Crippen MR) is 49.4 cm³/mol. The number of ether oxygens (including phenoxy) is 1. The van der Waals surface area contributed by atoms with Gasteiger partial charge in [-0.05, 0) is 5.56 Å². The fraction of sp³-hybridized carbons (Fsp3) is 0.100. The van der Waals surface area contributed by atoms with E-state index in [1.807, 2.05) is 30.3 Å². The zero-order valence-electron chi connectivity index (χ0n) is 7.72. The fourth-order valence-electron chi connectivity index (χ4n) is 1.02. The number of hydrogen-bond donors (Lipinski definition) is 0. The van der Waals surface area contributed by atoms with Crippen LogP contribution in [0, 0.1) is 12.4 Å². The summed E-state index contributed by atoms with van der Waals surface area (Å²) in [6.07, 6.45) is 1.21. The Morgan fingerprint density at radius 2 is 2.00 bits per heavy atom. The molecule has 15 heavy (non-hydrogen) atoms. The van der Waals surface area contributed by atoms with Crippen molar-refractivity contribution < 1.29 is 9.13 Å². The maximum atomic E-state index is 12.5. The second kappa shape index (κ2) is 4.45. The third-order valence-corrected chi connectivity index (χ3v) is 1.69. The van der Waals surface area contributed by atoms with Gasteiger partial charge in [0.1, 0.15) is 6.61 Å². The fourth-order valence-corrected chi connectivity index (χ4v) is 1.02. The number of rotatable bonds is 3. The molecule has 1 radical (unpaired) electrons. The molecule has 0 saturated heterocycles. The molecular weight excluding hydrogens is 197 g/mol. The van der Waals surface area contributed by atoms with Crippen LogP contribution in [0.2, 0.25) is 0 Å². The molecule has 0 atom stereocenters. The summed E-state index contributed by atoms with van der Waals surface area (Å²) < 4.78 is 17.7. The van der Waals surface area contributed by atoms with Gasteiger partial charge in [-0.1, -0.05) is 30.3 Å². The molecule has 5 heteroatoms. The van der Waals surface area contributed by atoms with E-state index in [1.165, 1.54) is 0 Å². The summed E-state index contributed by atoms with van der Waals surface area (Å²) in [5.41, 5.74) is 0.957. The molecule has 1 aromatic carbocycles. The average Bonchev–Trinajstić information content (AvgIpc) is 2.28. The zero-order valence-corrected chi connectivity index (χ0v) is 7.72. The Hall–Kier alpha value is -2.04. The van der Waals surface area contributed by atoms with E-state index in [9.17, 15) is 4.39 Å². The smallest absolute Gasteiger partial charge is 0.322 e. The Morgan fingerprint density at radius 3 is 2.73 bits per heavy atom. The second-order valence-corrected chi connectivity index (χ2v) is 2.76. The van der Waals surface area contributed by atoms with Crippen LogP contribution in [0.15, 0.2) is 30.3 Å².